The van der Waals surface area contributed by atoms with Crippen LogP contribution < -0.4 is 4.74 Å². The average molecular weight is 246 g/mol. The van der Waals surface area contributed by atoms with E-state index in [4.69, 9.17) is 4.74 Å². The molecule has 0 aliphatic heterocycles. The van der Waals surface area contributed by atoms with Gasteiger partial charge in [-0.15, -0.1) is 0 Å². The topological polar surface area (TPSA) is 26.3 Å². The van der Waals surface area contributed by atoms with Gasteiger partial charge in [0.15, 0.2) is 0 Å². The molecule has 0 amide bonds. The Kier molecular flexibility index (Phi) is 4.40. The maximum Gasteiger partial charge on any atom is 0.140 e. The Balaban J connectivity index is 1.99. The second-order valence-corrected chi connectivity index (χ2v) is 5.24. The van der Waals surface area contributed by atoms with E-state index in [2.05, 4.69) is 6.92 Å². The second kappa shape index (κ2) is 6.03. The number of benzene rings is 1. The highest BCUT2D eigenvalue weighted by molar-refractivity contribution is 5.84. The molecule has 0 saturated heterocycles. The smallest absolute Gasteiger partial charge is 0.140 e. The van der Waals surface area contributed by atoms with E-state index in [-0.39, 0.29) is 5.92 Å². The van der Waals surface area contributed by atoms with Gasteiger partial charge >= 0.3 is 0 Å². The van der Waals surface area contributed by atoms with Crippen molar-refractivity contribution in [2.75, 3.05) is 7.11 Å². The van der Waals surface area contributed by atoms with E-state index in [0.717, 1.165) is 30.1 Å². The number of ether oxygens (including phenoxy) is 1. The van der Waals surface area contributed by atoms with Crippen molar-refractivity contribution in [1.82, 2.24) is 0 Å². The van der Waals surface area contributed by atoms with Crippen molar-refractivity contribution in [3.05, 3.63) is 29.8 Å². The van der Waals surface area contributed by atoms with Crippen LogP contribution in [0.5, 0.6) is 5.75 Å². The molecule has 0 heterocycles. The molecule has 0 N–H and O–H groups in total. The quantitative estimate of drug-likeness (QED) is 0.793. The second-order valence-electron chi connectivity index (χ2n) is 5.24. The number of ketones is 1. The first-order valence-electron chi connectivity index (χ1n) is 6.89. The van der Waals surface area contributed by atoms with Gasteiger partial charge in [-0.25, -0.2) is 0 Å². The lowest BCUT2D eigenvalue weighted by atomic mass is 9.94. The minimum Gasteiger partial charge on any atom is -0.496 e. The maximum atomic E-state index is 12.3. The van der Waals surface area contributed by atoms with Crippen molar-refractivity contribution < 1.29 is 9.53 Å². The lowest BCUT2D eigenvalue weighted by Gasteiger charge is -2.11. The van der Waals surface area contributed by atoms with Gasteiger partial charge < -0.3 is 4.74 Å². The summed E-state index contributed by atoms with van der Waals surface area (Å²) in [6, 6.07) is 7.82. The van der Waals surface area contributed by atoms with Crippen molar-refractivity contribution in [3.63, 3.8) is 0 Å². The van der Waals surface area contributed by atoms with Gasteiger partial charge in [-0.05, 0) is 31.2 Å². The lowest BCUT2D eigenvalue weighted by molar-refractivity contribution is -0.122. The minimum absolute atomic E-state index is 0.278. The molecule has 1 saturated carbocycles. The fourth-order valence-corrected chi connectivity index (χ4v) is 2.92. The van der Waals surface area contributed by atoms with Gasteiger partial charge in [0.25, 0.3) is 0 Å². The summed E-state index contributed by atoms with van der Waals surface area (Å²) < 4.78 is 5.30. The summed E-state index contributed by atoms with van der Waals surface area (Å²) in [7, 11) is 1.66. The molecule has 0 bridgehead atoms. The Morgan fingerprint density at radius 1 is 1.33 bits per heavy atom. The summed E-state index contributed by atoms with van der Waals surface area (Å²) in [5.74, 6) is 2.25. The fourth-order valence-electron chi connectivity index (χ4n) is 2.92. The van der Waals surface area contributed by atoms with E-state index in [1.165, 1.54) is 12.8 Å². The van der Waals surface area contributed by atoms with Crippen LogP contribution in [-0.2, 0) is 11.2 Å². The zero-order chi connectivity index (χ0) is 13.0. The third kappa shape index (κ3) is 2.92. The van der Waals surface area contributed by atoms with Crippen LogP contribution in [0.15, 0.2) is 24.3 Å². The number of carbonyl (C=O) groups is 1. The molecule has 1 aliphatic carbocycles. The molecule has 1 fully saturated rings. The standard InChI is InChI=1S/C16H22O2/c1-3-12-8-9-13(10-12)15(17)11-14-6-4-5-7-16(14)18-2/h4-7,12-13H,3,8-11H2,1-2H3. The maximum absolute atomic E-state index is 12.3. The van der Waals surface area contributed by atoms with Gasteiger partial charge in [-0.3, -0.25) is 4.79 Å². The summed E-state index contributed by atoms with van der Waals surface area (Å²) in [4.78, 5) is 12.3. The number of methoxy groups -OCH3 is 1. The van der Waals surface area contributed by atoms with Gasteiger partial charge in [0, 0.05) is 17.9 Å². The zero-order valence-corrected chi connectivity index (χ0v) is 11.3. The largest absolute Gasteiger partial charge is 0.496 e. The van der Waals surface area contributed by atoms with Crippen LogP contribution in [0.1, 0.15) is 38.2 Å². The molecule has 98 valence electrons. The van der Waals surface area contributed by atoms with Crippen LogP contribution in [0, 0.1) is 11.8 Å². The average Bonchev–Trinajstić information content (AvgIpc) is 2.88. The van der Waals surface area contributed by atoms with Gasteiger partial charge in [0.2, 0.25) is 0 Å². The Labute approximate surface area is 109 Å². The highest BCUT2D eigenvalue weighted by Crippen LogP contribution is 2.34. The van der Waals surface area contributed by atoms with Crippen LogP contribution in [0.25, 0.3) is 0 Å². The van der Waals surface area contributed by atoms with E-state index in [0.29, 0.717) is 12.2 Å². The Morgan fingerprint density at radius 3 is 2.78 bits per heavy atom. The van der Waals surface area contributed by atoms with E-state index in [1.807, 2.05) is 24.3 Å². The third-order valence-electron chi connectivity index (χ3n) is 4.13. The minimum atomic E-state index is 0.278. The lowest BCUT2D eigenvalue weighted by Crippen LogP contribution is -2.14. The van der Waals surface area contributed by atoms with Crippen LogP contribution >= 0.6 is 0 Å². The van der Waals surface area contributed by atoms with Gasteiger partial charge in [-0.1, -0.05) is 31.5 Å². The molecule has 2 unspecified atom stereocenters. The first kappa shape index (κ1) is 13.1. The number of carbonyl (C=O) groups excluding carboxylic acids is 1. The Hall–Kier alpha value is -1.31. The fraction of sp³-hybridized carbons (Fsp3) is 0.562. The molecule has 1 aromatic carbocycles. The van der Waals surface area contributed by atoms with E-state index >= 15 is 0 Å². The molecular formula is C16H22O2. The van der Waals surface area contributed by atoms with Crippen LogP contribution in [0.4, 0.5) is 0 Å². The first-order chi connectivity index (χ1) is 8.74. The van der Waals surface area contributed by atoms with E-state index in [9.17, 15) is 4.79 Å². The molecule has 1 aromatic rings. The van der Waals surface area contributed by atoms with Crippen molar-refractivity contribution in [2.45, 2.75) is 39.0 Å². The molecule has 18 heavy (non-hydrogen) atoms. The molecule has 2 heteroatoms. The molecule has 0 spiro atoms. The molecule has 2 atom stereocenters. The SMILES string of the molecule is CCC1CCC(C(=O)Cc2ccccc2OC)C1. The van der Waals surface area contributed by atoms with Crippen LogP contribution in [-0.4, -0.2) is 12.9 Å². The van der Waals surface area contributed by atoms with Crippen LogP contribution in [0.2, 0.25) is 0 Å². The van der Waals surface area contributed by atoms with Crippen molar-refractivity contribution in [1.29, 1.82) is 0 Å². The van der Waals surface area contributed by atoms with Gasteiger partial charge in [-0.2, -0.15) is 0 Å². The summed E-state index contributed by atoms with van der Waals surface area (Å²) in [6.45, 7) is 2.22. The van der Waals surface area contributed by atoms with Crippen molar-refractivity contribution in [3.8, 4) is 5.75 Å². The van der Waals surface area contributed by atoms with Crippen molar-refractivity contribution in [2.24, 2.45) is 11.8 Å². The predicted octanol–water partition coefficient (Wildman–Crippen LogP) is 3.63. The molecule has 0 aromatic heterocycles. The number of para-hydroxylation sites is 1. The molecule has 2 nitrogen and oxygen atoms in total. The Morgan fingerprint density at radius 2 is 2.11 bits per heavy atom. The van der Waals surface area contributed by atoms with Crippen molar-refractivity contribution >= 4 is 5.78 Å². The van der Waals surface area contributed by atoms with Gasteiger partial charge in [0.05, 0.1) is 7.11 Å². The number of hydrogen-bond donors (Lipinski definition) is 0. The van der Waals surface area contributed by atoms with E-state index < -0.39 is 0 Å². The summed E-state index contributed by atoms with van der Waals surface area (Å²) in [6.07, 6.45) is 5.11. The highest BCUT2D eigenvalue weighted by Gasteiger charge is 2.28. The highest BCUT2D eigenvalue weighted by atomic mass is 16.5. The molecule has 1 aliphatic rings. The number of rotatable bonds is 5. The molecule has 0 radical (unpaired) electrons. The van der Waals surface area contributed by atoms with Crippen LogP contribution in [0.3, 0.4) is 0 Å². The first-order valence-corrected chi connectivity index (χ1v) is 6.89. The summed E-state index contributed by atoms with van der Waals surface area (Å²) in [5, 5.41) is 0. The number of Topliss-reactive ketones (excluding diaryl/α,β-unsaturated/α-hetero) is 1. The number of hydrogen-bond acceptors (Lipinski definition) is 2. The summed E-state index contributed by atoms with van der Waals surface area (Å²) in [5.41, 5.74) is 1.02. The van der Waals surface area contributed by atoms with Gasteiger partial charge in [0.1, 0.15) is 11.5 Å². The summed E-state index contributed by atoms with van der Waals surface area (Å²) >= 11 is 0. The molecular weight excluding hydrogens is 224 g/mol. The normalized spacial score (nSPS) is 23.0. The molecule has 2 rings (SSSR count). The monoisotopic (exact) mass is 246 g/mol. The zero-order valence-electron chi connectivity index (χ0n) is 11.3. The predicted molar refractivity (Wildman–Crippen MR) is 72.8 cm³/mol. The van der Waals surface area contributed by atoms with E-state index in [1.54, 1.807) is 7.11 Å². The third-order valence-corrected chi connectivity index (χ3v) is 4.13. The Bertz CT molecular complexity index is 411.